The first-order valence-corrected chi connectivity index (χ1v) is 41.2. The Balaban J connectivity index is 1.27. The number of hydrazine groups is 1. The number of aliphatic carboxylic acids is 6. The number of urea groups is 2. The van der Waals surface area contributed by atoms with Gasteiger partial charge in [-0.05, 0) is 99.2 Å². The van der Waals surface area contributed by atoms with Gasteiger partial charge in [0.2, 0.25) is 35.4 Å². The number of carbonyl (C=O) groups excluding carboxylic acids is 11. The number of piperidine rings is 1. The molecule has 1 unspecified atom stereocenters. The van der Waals surface area contributed by atoms with Crippen LogP contribution in [0.5, 0.6) is 5.75 Å². The number of likely N-dealkylation sites (N-methyl/N-ethyl adjacent to an activating group) is 1. The summed E-state index contributed by atoms with van der Waals surface area (Å²) in [5.74, 6) is -17.5. The lowest BCUT2D eigenvalue weighted by Crippen LogP contribution is -2.59. The van der Waals surface area contributed by atoms with Crippen molar-refractivity contribution in [2.75, 3.05) is 45.0 Å². The normalized spacial score (nSPS) is 15.4. The maximum absolute atomic E-state index is 14.8. The molecule has 2 heterocycles. The Morgan fingerprint density at radius 2 is 1.24 bits per heavy atom. The Bertz CT molecular complexity index is 3930. The van der Waals surface area contributed by atoms with E-state index in [1.165, 1.54) is 53.6 Å². The number of aliphatic hydroxyl groups excluding tert-OH is 1. The minimum absolute atomic E-state index is 0.00571. The molecule has 652 valence electrons. The van der Waals surface area contributed by atoms with Crippen molar-refractivity contribution < 1.29 is 132 Å². The molecule has 2 aromatic carbocycles. The fourth-order valence-corrected chi connectivity index (χ4v) is 14.6. The second-order valence-electron chi connectivity index (χ2n) is 28.2. The van der Waals surface area contributed by atoms with Crippen molar-refractivity contribution >= 4 is 134 Å². The summed E-state index contributed by atoms with van der Waals surface area (Å²) in [7, 11) is 3.70. The molecule has 3 aromatic rings. The Kier molecular flexibility index (Phi) is 43.0. The van der Waals surface area contributed by atoms with E-state index in [-0.39, 0.29) is 97.5 Å². The number of thiazole rings is 1. The second kappa shape index (κ2) is 51.2. The number of phenols is 1. The molecule has 44 heteroatoms. The van der Waals surface area contributed by atoms with Gasteiger partial charge in [0, 0.05) is 67.2 Å². The topological polar surface area (TPSA) is 622 Å². The van der Waals surface area contributed by atoms with Gasteiger partial charge < -0.3 is 103 Å². The zero-order chi connectivity index (χ0) is 87.9. The number of carboxylic acid groups (broad SMARTS) is 6. The molecule has 4 rings (SSSR count). The summed E-state index contributed by atoms with van der Waals surface area (Å²) >= 11 is 0.983. The summed E-state index contributed by atoms with van der Waals surface area (Å²) in [6.45, 7) is 10.3. The van der Waals surface area contributed by atoms with Crippen LogP contribution >= 0.6 is 32.9 Å². The van der Waals surface area contributed by atoms with Crippen LogP contribution in [-0.4, -0.2) is 256 Å². The molecule has 0 bridgehead atoms. The number of hydrogen-bond donors (Lipinski definition) is 19. The van der Waals surface area contributed by atoms with Gasteiger partial charge in [-0.25, -0.2) is 39.2 Å². The Morgan fingerprint density at radius 1 is 0.636 bits per heavy atom. The average molecular weight is 1720 g/mol. The third kappa shape index (κ3) is 36.2. The van der Waals surface area contributed by atoms with Crippen LogP contribution in [0.25, 0.3) is 0 Å². The number of ether oxygens (including phenoxy) is 2. The lowest BCUT2D eigenvalue weighted by molar-refractivity contribution is -0.159. The van der Waals surface area contributed by atoms with Gasteiger partial charge in [-0.2, -0.15) is 0 Å². The van der Waals surface area contributed by atoms with Crippen molar-refractivity contribution in [3.63, 3.8) is 0 Å². The summed E-state index contributed by atoms with van der Waals surface area (Å²) in [6.07, 6.45) is -3.03. The van der Waals surface area contributed by atoms with E-state index in [0.717, 1.165) is 52.3 Å². The van der Waals surface area contributed by atoms with E-state index < -0.39 is 201 Å². The molecule has 0 spiro atoms. The Labute approximate surface area is 690 Å². The van der Waals surface area contributed by atoms with E-state index in [4.69, 9.17) is 14.6 Å². The number of rotatable bonds is 51. The van der Waals surface area contributed by atoms with E-state index in [2.05, 4.69) is 53.1 Å². The van der Waals surface area contributed by atoms with Crippen LogP contribution in [0.1, 0.15) is 163 Å². The number of nitrogens with zero attached hydrogens (tertiary/aromatic N) is 3. The number of esters is 1. The molecule has 19 N–H and O–H groups in total. The maximum atomic E-state index is 14.8. The van der Waals surface area contributed by atoms with Gasteiger partial charge in [0.1, 0.15) is 65.4 Å². The number of nitrogens with one attached hydrogen (secondary N) is 11. The Morgan fingerprint density at radius 3 is 1.82 bits per heavy atom. The molecule has 1 aliphatic rings. The van der Waals surface area contributed by atoms with Crippen molar-refractivity contribution in [3.05, 3.63) is 81.3 Å². The van der Waals surface area contributed by atoms with Gasteiger partial charge in [-0.1, -0.05) is 112 Å². The van der Waals surface area contributed by atoms with Gasteiger partial charge in [-0.15, -0.1) is 11.3 Å². The predicted molar refractivity (Wildman–Crippen MR) is 423 cm³/mol. The standard InChI is InChI=1S/C74H106N14O27S3/c1-8-12-60(98)115-38-88(68(104)61(40(5)9-2)84-66(103)53-13-10-11-26-87(53)7)54(39(3)4)34-55(90)67-81-51(36-116-67)65(102)77-45(30-42-18-20-46(89)21-19-42)29-41(6)62(99)85-86-74(113)114-27-28-117-118-37-52(71(109)110)80-64(101)50(33-59(96)97)79-63(100)49(32-58(94)95)78-56(91)31-43-14-16-44(17-15-43)35-76-72(111)75-25-24-48(70(107)108)83-73(112)82-47(69(105)106)22-23-57(92)93/h14-21,36,39-41,45,47-50,52-55,61,89-90H,8-13,22-35,37-38H2,1-7H3,(H,77,102)(H,78,91)(H,79,100)(H,80,101)(H,84,103)(H,85,99)(H,86,113)(H,92,93)(H,94,95)(H,96,97)(H,105,106)(H,107,108)(H,109,110)(H2,75,76,111)(H2,82,83,112)/t40?,41-,45+,47+,48+,49-,50-,52+,53+,54+,55+,61-/m0/s1. The van der Waals surface area contributed by atoms with E-state index in [0.29, 0.717) is 36.0 Å². The molecule has 41 nitrogen and oxygen atoms in total. The van der Waals surface area contributed by atoms with Crippen molar-refractivity contribution in [1.82, 2.24) is 73.5 Å². The van der Waals surface area contributed by atoms with Crippen molar-refractivity contribution in [2.24, 2.45) is 17.8 Å². The SMILES string of the molecule is CCCC(=O)OCN(C(=O)[C@@H](NC(=O)[C@H]1CCCCN1C)C(C)CC)[C@H](C[C@@H](O)c1nc(C(=O)N[C@@H](Cc2ccc(O)cc2)C[C@H](C)C(=O)NNC(=O)OCCSSC[C@@H](NC(=O)[C@H](CC(=O)O)NC(=O)[C@H](CC(=O)O)NC(=O)Cc2ccc(CNC(=O)NCC[C@@H](NC(=O)N[C@H](CCC(=O)O)C(=O)O)C(=O)O)cc2)C(=O)O)cs1)C(C)C. The maximum Gasteiger partial charge on any atom is 0.426 e. The minimum Gasteiger partial charge on any atom is -0.508 e. The predicted octanol–water partition coefficient (Wildman–Crippen LogP) is 1.94. The smallest absolute Gasteiger partial charge is 0.426 e. The van der Waals surface area contributed by atoms with Gasteiger partial charge in [-0.3, -0.25) is 63.1 Å². The van der Waals surface area contributed by atoms with E-state index in [1.54, 1.807) is 19.1 Å². The van der Waals surface area contributed by atoms with Crippen LogP contribution < -0.4 is 58.7 Å². The third-order valence-electron chi connectivity index (χ3n) is 18.5. The molecule has 1 saturated heterocycles. The second-order valence-corrected chi connectivity index (χ2v) is 31.8. The molecular weight excluding hydrogens is 1610 g/mol. The zero-order valence-corrected chi connectivity index (χ0v) is 68.6. The largest absolute Gasteiger partial charge is 0.508 e. The molecule has 0 saturated carbocycles. The fraction of sp³-hybridized carbons (Fsp3) is 0.568. The number of aliphatic hydroxyl groups is 1. The number of aromatic hydroxyl groups is 1. The molecule has 1 fully saturated rings. The first-order valence-electron chi connectivity index (χ1n) is 37.9. The van der Waals surface area contributed by atoms with Crippen LogP contribution in [-0.2, 0) is 91.2 Å². The zero-order valence-electron chi connectivity index (χ0n) is 66.2. The minimum atomic E-state index is -2.01. The summed E-state index contributed by atoms with van der Waals surface area (Å²) < 4.78 is 10.8. The summed E-state index contributed by atoms with van der Waals surface area (Å²) in [5.41, 5.74) is 5.73. The molecule has 118 heavy (non-hydrogen) atoms. The van der Waals surface area contributed by atoms with Crippen LogP contribution in [0.4, 0.5) is 14.4 Å². The number of likely N-dealkylation sites (tertiary alicyclic amines) is 1. The van der Waals surface area contributed by atoms with Crippen LogP contribution in [0.3, 0.4) is 0 Å². The van der Waals surface area contributed by atoms with Gasteiger partial charge in [0.25, 0.3) is 5.91 Å². The molecular formula is C74H106N14O27S3. The Hall–Kier alpha value is -11.1. The summed E-state index contributed by atoms with van der Waals surface area (Å²) in [4.78, 5) is 224. The number of aromatic nitrogens is 1. The van der Waals surface area contributed by atoms with Gasteiger partial charge in [0.15, 0.2) is 6.73 Å². The first kappa shape index (κ1) is 99.2. The van der Waals surface area contributed by atoms with Crippen molar-refractivity contribution in [1.29, 1.82) is 0 Å². The number of carbonyl (C=O) groups is 17. The lowest BCUT2D eigenvalue weighted by Gasteiger charge is -2.39. The monoisotopic (exact) mass is 1720 g/mol. The molecule has 1 aliphatic heterocycles. The number of amides is 12. The lowest BCUT2D eigenvalue weighted by atomic mass is 9.92. The highest BCUT2D eigenvalue weighted by Gasteiger charge is 2.40. The van der Waals surface area contributed by atoms with Crippen molar-refractivity contribution in [2.45, 2.75) is 205 Å². The summed E-state index contributed by atoms with van der Waals surface area (Å²) in [5, 5.41) is 101. The summed E-state index contributed by atoms with van der Waals surface area (Å²) in [6, 6.07) is -1.90. The van der Waals surface area contributed by atoms with E-state index in [1.807, 2.05) is 50.3 Å². The molecule has 12 atom stereocenters. The number of benzene rings is 2. The molecule has 12 amide bonds. The van der Waals surface area contributed by atoms with E-state index >= 15 is 0 Å². The molecule has 0 radical (unpaired) electrons. The van der Waals surface area contributed by atoms with Gasteiger partial charge >= 0.3 is 59.9 Å². The molecule has 0 aliphatic carbocycles. The first-order chi connectivity index (χ1) is 55.8. The number of hydrogen-bond acceptors (Lipinski definition) is 26. The number of carboxylic acids is 6. The van der Waals surface area contributed by atoms with E-state index in [9.17, 15) is 117 Å². The van der Waals surface area contributed by atoms with Crippen LogP contribution in [0.15, 0.2) is 53.9 Å². The third-order valence-corrected chi connectivity index (χ3v) is 21.9. The highest BCUT2D eigenvalue weighted by atomic mass is 33.1. The molecule has 1 aromatic heterocycles. The van der Waals surface area contributed by atoms with Crippen LogP contribution in [0.2, 0.25) is 0 Å². The highest BCUT2D eigenvalue weighted by molar-refractivity contribution is 8.76. The fourth-order valence-electron chi connectivity index (χ4n) is 11.8. The van der Waals surface area contributed by atoms with Crippen LogP contribution in [0, 0.1) is 17.8 Å². The average Bonchev–Trinajstić information content (AvgIpc) is 1.23. The number of phenolic OH excluding ortho intramolecular Hbond substituents is 1. The van der Waals surface area contributed by atoms with Crippen molar-refractivity contribution in [3.8, 4) is 5.75 Å². The van der Waals surface area contributed by atoms with Gasteiger partial charge in [0.05, 0.1) is 25.3 Å². The quantitative estimate of drug-likeness (QED) is 0.0126. The highest BCUT2D eigenvalue weighted by Crippen LogP contribution is 2.30.